The number of Topliss-reactive ketones (excluding diaryl/α,β-unsaturated/α-hetero) is 2. The second-order valence-electron chi connectivity index (χ2n) is 22.3. The quantitative estimate of drug-likeness (QED) is 0.0310. The standard InChI is InChI=1S/C65H71N3O12S2/c1-39-28-44(17-18-48-34-67(62(74)77-50-14-12-11-13-15-50)36-54(48)56(69)46-19-24-52(81-10)25-20-46)29-40(2)59(39)80-65(8,9)61(73)76-38-82-53-26-21-47(22-27-53)57(70)55-37-68(63(75)78-51-23-16-43(5)66-33-51)35-49(55)32-45-30-41(3)58(42(4)31-45)79-64(6,7)60(71)72/h11-16,19-31,33,48-49,54-55H,17-18,32,34-38H2,1-10H3,(H,71,72). The summed E-state index contributed by atoms with van der Waals surface area (Å²) < 4.78 is 29.5. The van der Waals surface area contributed by atoms with Crippen LogP contribution in [0.3, 0.4) is 0 Å². The Morgan fingerprint density at radius 1 is 0.598 bits per heavy atom. The van der Waals surface area contributed by atoms with E-state index in [1.54, 1.807) is 96.1 Å². The lowest BCUT2D eigenvalue weighted by atomic mass is 9.84. The highest BCUT2D eigenvalue weighted by atomic mass is 32.2. The number of carbonyl (C=O) groups excluding carboxylic acids is 5. The van der Waals surface area contributed by atoms with E-state index in [-0.39, 0.29) is 49.0 Å². The third-order valence-electron chi connectivity index (χ3n) is 15.1. The maximum absolute atomic E-state index is 14.4. The fourth-order valence-corrected chi connectivity index (χ4v) is 11.6. The summed E-state index contributed by atoms with van der Waals surface area (Å²) >= 11 is 2.90. The van der Waals surface area contributed by atoms with E-state index in [1.807, 2.05) is 95.5 Å². The average Bonchev–Trinajstić information content (AvgIpc) is 4.21. The van der Waals surface area contributed by atoms with Crippen molar-refractivity contribution in [2.24, 2.45) is 23.7 Å². The minimum atomic E-state index is -1.44. The number of rotatable bonds is 21. The predicted octanol–water partition coefficient (Wildman–Crippen LogP) is 12.8. The zero-order chi connectivity index (χ0) is 59.0. The number of pyridine rings is 1. The smallest absolute Gasteiger partial charge is 0.415 e. The molecule has 6 aromatic rings. The number of carbonyl (C=O) groups is 6. The van der Waals surface area contributed by atoms with Crippen LogP contribution in [0, 0.1) is 58.3 Å². The van der Waals surface area contributed by atoms with E-state index in [9.17, 15) is 33.9 Å². The van der Waals surface area contributed by atoms with Crippen LogP contribution in [0.1, 0.15) is 93.9 Å². The zero-order valence-electron chi connectivity index (χ0n) is 48.1. The Bertz CT molecular complexity index is 3270. The highest BCUT2D eigenvalue weighted by molar-refractivity contribution is 7.99. The van der Waals surface area contributed by atoms with Crippen molar-refractivity contribution in [3.63, 3.8) is 0 Å². The van der Waals surface area contributed by atoms with Gasteiger partial charge in [-0.15, -0.1) is 11.8 Å². The molecule has 2 aliphatic heterocycles. The van der Waals surface area contributed by atoms with E-state index in [2.05, 4.69) is 4.98 Å². The molecule has 17 heteroatoms. The van der Waals surface area contributed by atoms with Crippen LogP contribution in [0.4, 0.5) is 9.59 Å². The second kappa shape index (κ2) is 26.1. The molecule has 1 N–H and O–H groups in total. The normalized spacial score (nSPS) is 17.0. The Hall–Kier alpha value is -7.63. The van der Waals surface area contributed by atoms with Crippen molar-refractivity contribution in [2.75, 3.05) is 38.4 Å². The zero-order valence-corrected chi connectivity index (χ0v) is 49.7. The number of hydrogen-bond donors (Lipinski definition) is 1. The summed E-state index contributed by atoms with van der Waals surface area (Å²) in [6.07, 6.45) is 4.16. The number of aryl methyl sites for hydroxylation is 6. The molecule has 8 rings (SSSR count). The number of hydrogen-bond acceptors (Lipinski definition) is 14. The van der Waals surface area contributed by atoms with Crippen LogP contribution in [0.5, 0.6) is 23.0 Å². The number of likely N-dealkylation sites (tertiary alicyclic amines) is 2. The summed E-state index contributed by atoms with van der Waals surface area (Å²) in [7, 11) is 0. The number of esters is 1. The van der Waals surface area contributed by atoms with E-state index in [0.717, 1.165) is 48.9 Å². The van der Waals surface area contributed by atoms with Gasteiger partial charge in [-0.2, -0.15) is 0 Å². The third kappa shape index (κ3) is 14.9. The van der Waals surface area contributed by atoms with Crippen molar-refractivity contribution >= 4 is 59.2 Å². The van der Waals surface area contributed by atoms with Gasteiger partial charge in [-0.05, 0) is 182 Å². The van der Waals surface area contributed by atoms with Gasteiger partial charge in [-0.3, -0.25) is 14.6 Å². The SMILES string of the molecule is CSc1ccc(C(=O)C2CN(C(=O)Oc3ccccc3)CC2CCc2cc(C)c(OC(C)(C)C(=O)OCSc3ccc(C(=O)C4CN(C(=O)Oc5ccc(C)nc5)CC4Cc4cc(C)c(OC(C)(C)C(=O)O)c(C)c4)cc3)c(C)c2)cc1. The molecular weight excluding hydrogens is 1080 g/mol. The first-order valence-electron chi connectivity index (χ1n) is 27.3. The van der Waals surface area contributed by atoms with Crippen LogP contribution in [0.25, 0.3) is 0 Å². The summed E-state index contributed by atoms with van der Waals surface area (Å²) in [4.78, 5) is 90.2. The molecule has 2 amide bonds. The Kier molecular flexibility index (Phi) is 19.2. The molecule has 1 aromatic heterocycles. The molecular formula is C65H71N3O12S2. The second-order valence-corrected chi connectivity index (χ2v) is 24.2. The van der Waals surface area contributed by atoms with Gasteiger partial charge in [-0.1, -0.05) is 78.5 Å². The summed E-state index contributed by atoms with van der Waals surface area (Å²) in [6, 6.07) is 35.0. The molecule has 0 spiro atoms. The van der Waals surface area contributed by atoms with Crippen LogP contribution < -0.4 is 18.9 Å². The monoisotopic (exact) mass is 1150 g/mol. The maximum Gasteiger partial charge on any atom is 0.415 e. The van der Waals surface area contributed by atoms with Gasteiger partial charge in [0.05, 0.1) is 6.20 Å². The topological polar surface area (TPSA) is 188 Å². The molecule has 15 nitrogen and oxygen atoms in total. The number of para-hydroxylation sites is 1. The lowest BCUT2D eigenvalue weighted by molar-refractivity contribution is -0.157. The van der Waals surface area contributed by atoms with Gasteiger partial charge in [0.25, 0.3) is 0 Å². The van der Waals surface area contributed by atoms with E-state index in [0.29, 0.717) is 59.9 Å². The van der Waals surface area contributed by atoms with Crippen molar-refractivity contribution in [1.29, 1.82) is 0 Å². The molecule has 0 bridgehead atoms. The van der Waals surface area contributed by atoms with Crippen LogP contribution >= 0.6 is 23.5 Å². The molecule has 3 heterocycles. The minimum absolute atomic E-state index is 0.00284. The molecule has 0 aliphatic carbocycles. The number of aromatic nitrogens is 1. The molecule has 82 heavy (non-hydrogen) atoms. The van der Waals surface area contributed by atoms with Crippen molar-refractivity contribution in [3.05, 3.63) is 172 Å². The molecule has 4 unspecified atom stereocenters. The first-order chi connectivity index (χ1) is 39.0. The number of ether oxygens (including phenoxy) is 5. The predicted molar refractivity (Wildman–Crippen MR) is 316 cm³/mol. The van der Waals surface area contributed by atoms with Crippen LogP contribution in [-0.4, -0.2) is 105 Å². The van der Waals surface area contributed by atoms with Crippen LogP contribution in [0.2, 0.25) is 0 Å². The van der Waals surface area contributed by atoms with Gasteiger partial charge < -0.3 is 38.6 Å². The molecule has 4 atom stereocenters. The van der Waals surface area contributed by atoms with Crippen LogP contribution in [-0.2, 0) is 27.2 Å². The van der Waals surface area contributed by atoms with E-state index >= 15 is 0 Å². The van der Waals surface area contributed by atoms with Crippen molar-refractivity contribution in [3.8, 4) is 23.0 Å². The highest BCUT2D eigenvalue weighted by Crippen LogP contribution is 2.37. The number of carboxylic acids is 1. The number of thioether (sulfide) groups is 2. The Morgan fingerprint density at radius 2 is 1.10 bits per heavy atom. The fourth-order valence-electron chi connectivity index (χ4n) is 10.6. The fraction of sp³-hybridized carbons (Fsp3) is 0.369. The summed E-state index contributed by atoms with van der Waals surface area (Å²) in [5, 5.41) is 9.70. The Morgan fingerprint density at radius 3 is 1.62 bits per heavy atom. The van der Waals surface area contributed by atoms with E-state index in [1.165, 1.54) is 31.8 Å². The number of aliphatic carboxylic acids is 1. The van der Waals surface area contributed by atoms with Gasteiger partial charge in [0, 0.05) is 64.6 Å². The van der Waals surface area contributed by atoms with Gasteiger partial charge in [0.1, 0.15) is 23.2 Å². The molecule has 2 saturated heterocycles. The first kappa shape index (κ1) is 60.5. The lowest BCUT2D eigenvalue weighted by Gasteiger charge is -2.27. The summed E-state index contributed by atoms with van der Waals surface area (Å²) in [6.45, 7) is 16.8. The molecule has 0 saturated carbocycles. The molecule has 0 radical (unpaired) electrons. The average molecular weight is 1150 g/mol. The first-order valence-corrected chi connectivity index (χ1v) is 29.5. The molecule has 430 valence electrons. The Balaban J connectivity index is 0.874. The maximum atomic E-state index is 14.4. The van der Waals surface area contributed by atoms with Crippen molar-refractivity contribution in [2.45, 2.75) is 103 Å². The van der Waals surface area contributed by atoms with Gasteiger partial charge in [-0.25, -0.2) is 19.2 Å². The van der Waals surface area contributed by atoms with E-state index in [4.69, 9.17) is 23.7 Å². The third-order valence-corrected chi connectivity index (χ3v) is 16.7. The van der Waals surface area contributed by atoms with Gasteiger partial charge >= 0.3 is 24.1 Å². The van der Waals surface area contributed by atoms with Crippen LogP contribution in [0.15, 0.2) is 131 Å². The largest absolute Gasteiger partial charge is 0.478 e. The van der Waals surface area contributed by atoms with Gasteiger partial charge in [0.15, 0.2) is 28.5 Å². The van der Waals surface area contributed by atoms with Gasteiger partial charge in [0.2, 0.25) is 0 Å². The summed E-state index contributed by atoms with van der Waals surface area (Å²) in [5.74, 6) is -1.37. The van der Waals surface area contributed by atoms with Crippen molar-refractivity contribution in [1.82, 2.24) is 14.8 Å². The minimum Gasteiger partial charge on any atom is -0.478 e. The number of carboxylic acid groups (broad SMARTS) is 1. The molecule has 5 aromatic carbocycles. The summed E-state index contributed by atoms with van der Waals surface area (Å²) in [5.41, 5.74) is 4.20. The number of ketones is 2. The lowest BCUT2D eigenvalue weighted by Crippen LogP contribution is -2.40. The number of amides is 2. The Labute approximate surface area is 488 Å². The number of benzene rings is 5. The molecule has 2 fully saturated rings. The molecule has 2 aliphatic rings. The number of nitrogens with zero attached hydrogens (tertiary/aromatic N) is 3. The highest BCUT2D eigenvalue weighted by Gasteiger charge is 2.43. The van der Waals surface area contributed by atoms with E-state index < -0.39 is 47.2 Å². The van der Waals surface area contributed by atoms with Crippen molar-refractivity contribution < 1.29 is 57.6 Å².